The molecule has 0 spiro atoms. The second-order valence-corrected chi connectivity index (χ2v) is 3.50. The third-order valence-corrected chi connectivity index (χ3v) is 2.37. The summed E-state index contributed by atoms with van der Waals surface area (Å²) in [4.78, 5) is 14.8. The largest absolute Gasteiger partial charge is 0.433 e. The molecule has 0 N–H and O–H groups in total. The number of pyridine rings is 1. The number of ether oxygens (including phenoxy) is 1. The third kappa shape index (κ3) is 1.80. The predicted molar refractivity (Wildman–Crippen MR) is 47.9 cm³/mol. The lowest BCUT2D eigenvalue weighted by Gasteiger charge is -2.21. The minimum Gasteiger partial charge on any atom is -0.364 e. The minimum absolute atomic E-state index is 0.0612. The van der Waals surface area contributed by atoms with E-state index in [2.05, 4.69) is 4.98 Å². The molecule has 1 aromatic heterocycles. The van der Waals surface area contributed by atoms with Crippen molar-refractivity contribution in [2.45, 2.75) is 19.2 Å². The summed E-state index contributed by atoms with van der Waals surface area (Å²) < 4.78 is 42.2. The summed E-state index contributed by atoms with van der Waals surface area (Å²) in [7, 11) is 0. The second kappa shape index (κ2) is 3.55. The molecule has 2 heterocycles. The summed E-state index contributed by atoms with van der Waals surface area (Å²) >= 11 is 0. The first-order valence-electron chi connectivity index (χ1n) is 4.62. The number of hydrogen-bond donors (Lipinski definition) is 0. The Morgan fingerprint density at radius 1 is 1.44 bits per heavy atom. The summed E-state index contributed by atoms with van der Waals surface area (Å²) in [6.07, 6.45) is -5.09. The molecule has 0 fully saturated rings. The molecular formula is C10H8F3NO2. The first-order valence-corrected chi connectivity index (χ1v) is 4.62. The average molecular weight is 231 g/mol. The lowest BCUT2D eigenvalue weighted by atomic mass is 10.0. The number of ketones is 1. The molecule has 0 aliphatic carbocycles. The fourth-order valence-electron chi connectivity index (χ4n) is 1.54. The molecule has 1 aliphatic rings. The minimum atomic E-state index is -4.50. The molecule has 1 aromatic rings. The number of rotatable bonds is 0. The van der Waals surface area contributed by atoms with E-state index in [1.807, 2.05) is 0 Å². The molecule has 0 saturated heterocycles. The standard InChI is InChI=1S/C10H8F3NO2/c1-5-9-6(7(15)4-16-5)2-3-8(14-9)10(11,12)13/h2-3,5H,4H2,1H3/t5-/m1/s1. The molecule has 1 aliphatic heterocycles. The van der Waals surface area contributed by atoms with Crippen LogP contribution in [0.1, 0.15) is 34.8 Å². The third-order valence-electron chi connectivity index (χ3n) is 2.37. The van der Waals surface area contributed by atoms with Gasteiger partial charge in [-0.3, -0.25) is 4.79 Å². The number of halogens is 3. The highest BCUT2D eigenvalue weighted by molar-refractivity contribution is 5.98. The molecule has 0 unspecified atom stereocenters. The summed E-state index contributed by atoms with van der Waals surface area (Å²) in [5, 5.41) is 0. The number of aromatic nitrogens is 1. The highest BCUT2D eigenvalue weighted by Gasteiger charge is 2.35. The zero-order chi connectivity index (χ0) is 11.9. The van der Waals surface area contributed by atoms with Crippen LogP contribution in [0.25, 0.3) is 0 Å². The number of carbonyl (C=O) groups excluding carboxylic acids is 1. The van der Waals surface area contributed by atoms with Crippen LogP contribution in [0, 0.1) is 0 Å². The number of carbonyl (C=O) groups is 1. The van der Waals surface area contributed by atoms with E-state index in [1.54, 1.807) is 6.92 Å². The van der Waals surface area contributed by atoms with Gasteiger partial charge in [-0.1, -0.05) is 0 Å². The Hall–Kier alpha value is -1.43. The van der Waals surface area contributed by atoms with Gasteiger partial charge in [0.2, 0.25) is 0 Å². The normalized spacial score (nSPS) is 20.8. The van der Waals surface area contributed by atoms with Crippen LogP contribution in [0.2, 0.25) is 0 Å². The first kappa shape index (κ1) is 11.1. The van der Waals surface area contributed by atoms with Gasteiger partial charge in [-0.05, 0) is 19.1 Å². The number of nitrogens with zero attached hydrogens (tertiary/aromatic N) is 1. The van der Waals surface area contributed by atoms with Crippen molar-refractivity contribution in [2.75, 3.05) is 6.61 Å². The SMILES string of the molecule is C[C@H]1OCC(=O)c2ccc(C(F)(F)F)nc21. The van der Waals surface area contributed by atoms with Crippen molar-refractivity contribution < 1.29 is 22.7 Å². The van der Waals surface area contributed by atoms with Crippen LogP contribution in [0.15, 0.2) is 12.1 Å². The van der Waals surface area contributed by atoms with Gasteiger partial charge in [0.15, 0.2) is 5.78 Å². The van der Waals surface area contributed by atoms with Crippen molar-refractivity contribution in [3.05, 3.63) is 29.1 Å². The van der Waals surface area contributed by atoms with Gasteiger partial charge in [0.05, 0.1) is 11.8 Å². The van der Waals surface area contributed by atoms with Gasteiger partial charge in [0.1, 0.15) is 12.3 Å². The van der Waals surface area contributed by atoms with Crippen molar-refractivity contribution in [1.82, 2.24) is 4.98 Å². The van der Waals surface area contributed by atoms with Crippen molar-refractivity contribution in [3.63, 3.8) is 0 Å². The zero-order valence-corrected chi connectivity index (χ0v) is 8.34. The zero-order valence-electron chi connectivity index (χ0n) is 8.34. The smallest absolute Gasteiger partial charge is 0.364 e. The van der Waals surface area contributed by atoms with E-state index in [1.165, 1.54) is 0 Å². The molecule has 0 bridgehead atoms. The van der Waals surface area contributed by atoms with E-state index in [4.69, 9.17) is 4.74 Å². The molecule has 16 heavy (non-hydrogen) atoms. The fourth-order valence-corrected chi connectivity index (χ4v) is 1.54. The highest BCUT2D eigenvalue weighted by atomic mass is 19.4. The van der Waals surface area contributed by atoms with E-state index in [-0.39, 0.29) is 23.6 Å². The average Bonchev–Trinajstić information content (AvgIpc) is 2.22. The van der Waals surface area contributed by atoms with E-state index < -0.39 is 18.0 Å². The molecule has 0 amide bonds. The second-order valence-electron chi connectivity index (χ2n) is 3.50. The molecule has 0 radical (unpaired) electrons. The van der Waals surface area contributed by atoms with Crippen LogP contribution >= 0.6 is 0 Å². The Balaban J connectivity index is 2.52. The van der Waals surface area contributed by atoms with Crippen molar-refractivity contribution >= 4 is 5.78 Å². The summed E-state index contributed by atoms with van der Waals surface area (Å²) in [5.74, 6) is -0.339. The van der Waals surface area contributed by atoms with Gasteiger partial charge in [0, 0.05) is 5.56 Å². The molecular weight excluding hydrogens is 223 g/mol. The number of fused-ring (bicyclic) bond motifs is 1. The van der Waals surface area contributed by atoms with Gasteiger partial charge < -0.3 is 4.74 Å². The molecule has 1 atom stereocenters. The van der Waals surface area contributed by atoms with Crippen LogP contribution < -0.4 is 0 Å². The lowest BCUT2D eigenvalue weighted by Crippen LogP contribution is -2.24. The summed E-state index contributed by atoms with van der Waals surface area (Å²) in [5.41, 5.74) is -0.728. The maximum Gasteiger partial charge on any atom is 0.433 e. The lowest BCUT2D eigenvalue weighted by molar-refractivity contribution is -0.141. The van der Waals surface area contributed by atoms with Crippen molar-refractivity contribution in [2.24, 2.45) is 0 Å². The fraction of sp³-hybridized carbons (Fsp3) is 0.400. The number of Topliss-reactive ketones (excluding diaryl/α,β-unsaturated/α-hetero) is 1. The Labute approximate surface area is 89.2 Å². The summed E-state index contributed by atoms with van der Waals surface area (Å²) in [6.45, 7) is 1.46. The van der Waals surface area contributed by atoms with E-state index in [0.717, 1.165) is 12.1 Å². The van der Waals surface area contributed by atoms with Crippen LogP contribution in [0.5, 0.6) is 0 Å². The highest BCUT2D eigenvalue weighted by Crippen LogP contribution is 2.31. The monoisotopic (exact) mass is 231 g/mol. The molecule has 3 nitrogen and oxygen atoms in total. The molecule has 86 valence electrons. The van der Waals surface area contributed by atoms with E-state index in [9.17, 15) is 18.0 Å². The quantitative estimate of drug-likeness (QED) is 0.688. The van der Waals surface area contributed by atoms with Gasteiger partial charge in [-0.25, -0.2) is 4.98 Å². The van der Waals surface area contributed by atoms with Crippen LogP contribution in [0.3, 0.4) is 0 Å². The van der Waals surface area contributed by atoms with Crippen LogP contribution in [-0.4, -0.2) is 17.4 Å². The first-order chi connectivity index (χ1) is 7.39. The Bertz CT molecular complexity index is 442. The van der Waals surface area contributed by atoms with E-state index in [0.29, 0.717) is 0 Å². The van der Waals surface area contributed by atoms with E-state index >= 15 is 0 Å². The van der Waals surface area contributed by atoms with Crippen LogP contribution in [-0.2, 0) is 10.9 Å². The Kier molecular flexibility index (Phi) is 2.46. The molecule has 6 heteroatoms. The van der Waals surface area contributed by atoms with Crippen molar-refractivity contribution in [3.8, 4) is 0 Å². The maximum atomic E-state index is 12.4. The number of alkyl halides is 3. The predicted octanol–water partition coefficient (Wildman–Crippen LogP) is 2.37. The van der Waals surface area contributed by atoms with Gasteiger partial charge >= 0.3 is 6.18 Å². The van der Waals surface area contributed by atoms with Crippen LogP contribution in [0.4, 0.5) is 13.2 Å². The van der Waals surface area contributed by atoms with Crippen molar-refractivity contribution in [1.29, 1.82) is 0 Å². The molecule has 0 aromatic carbocycles. The maximum absolute atomic E-state index is 12.4. The molecule has 0 saturated carbocycles. The molecule has 2 rings (SSSR count). The number of hydrogen-bond acceptors (Lipinski definition) is 3. The topological polar surface area (TPSA) is 39.2 Å². The summed E-state index contributed by atoms with van der Waals surface area (Å²) in [6, 6.07) is 1.97. The van der Waals surface area contributed by atoms with Gasteiger partial charge in [0.25, 0.3) is 0 Å². The Morgan fingerprint density at radius 2 is 2.12 bits per heavy atom. The van der Waals surface area contributed by atoms with Gasteiger partial charge in [-0.15, -0.1) is 0 Å². The Morgan fingerprint density at radius 3 is 2.75 bits per heavy atom. The van der Waals surface area contributed by atoms with Gasteiger partial charge in [-0.2, -0.15) is 13.2 Å².